The molecule has 1 amide bonds. The normalized spacial score (nSPS) is 10.9. The summed E-state index contributed by atoms with van der Waals surface area (Å²) in [6, 6.07) is 13.9. The molecule has 0 spiro atoms. The van der Waals surface area contributed by atoms with Crippen molar-refractivity contribution in [2.24, 2.45) is 0 Å². The molecule has 7 heteroatoms. The van der Waals surface area contributed by atoms with Gasteiger partial charge < -0.3 is 19.6 Å². The van der Waals surface area contributed by atoms with E-state index in [9.17, 15) is 9.90 Å². The molecule has 0 aliphatic carbocycles. The Kier molecular flexibility index (Phi) is 5.22. The van der Waals surface area contributed by atoms with Crippen LogP contribution in [0.2, 0.25) is 0 Å². The molecule has 1 heterocycles. The van der Waals surface area contributed by atoms with Crippen LogP contribution in [0, 0.1) is 13.8 Å². The van der Waals surface area contributed by atoms with Crippen LogP contribution in [-0.4, -0.2) is 23.1 Å². The number of aromatic nitrogens is 1. The van der Waals surface area contributed by atoms with E-state index in [-0.39, 0.29) is 11.7 Å². The van der Waals surface area contributed by atoms with Crippen molar-refractivity contribution in [3.05, 3.63) is 69.7 Å². The van der Waals surface area contributed by atoms with Crippen LogP contribution in [0.3, 0.4) is 0 Å². The Morgan fingerprint density at radius 3 is 2.67 bits per heavy atom. The van der Waals surface area contributed by atoms with Crippen molar-refractivity contribution < 1.29 is 19.1 Å². The number of phenols is 1. The zero-order valence-electron chi connectivity index (χ0n) is 16.6. The Balaban J connectivity index is 1.63. The number of benzene rings is 3. The van der Waals surface area contributed by atoms with Gasteiger partial charge in [0.05, 0.1) is 18.2 Å². The van der Waals surface area contributed by atoms with Gasteiger partial charge in [-0.15, -0.1) is 0 Å². The first-order valence-electron chi connectivity index (χ1n) is 9.22. The van der Waals surface area contributed by atoms with Crippen LogP contribution in [0.15, 0.2) is 57.4 Å². The standard InChI is InChI=1S/C23H19BrN2O4/c1-12-8-13(2)21-18(9-12)26-23(30-21)16-6-5-15(11-19(16)27)25-22(28)17-10-14(24)4-7-20(17)29-3/h4-11,27H,1-3H3,(H,25,28). The van der Waals surface area contributed by atoms with Gasteiger partial charge in [0.2, 0.25) is 5.89 Å². The lowest BCUT2D eigenvalue weighted by atomic mass is 10.1. The first kappa shape index (κ1) is 20.0. The third kappa shape index (κ3) is 3.76. The van der Waals surface area contributed by atoms with Gasteiger partial charge in [0.1, 0.15) is 17.0 Å². The molecule has 0 fully saturated rings. The van der Waals surface area contributed by atoms with E-state index in [0.29, 0.717) is 34.0 Å². The predicted octanol–water partition coefficient (Wildman–Crippen LogP) is 5.84. The topological polar surface area (TPSA) is 84.6 Å². The second-order valence-corrected chi connectivity index (χ2v) is 7.90. The number of hydrogen-bond donors (Lipinski definition) is 2. The monoisotopic (exact) mass is 466 g/mol. The number of carbonyl (C=O) groups excluding carboxylic acids is 1. The number of halogens is 1. The van der Waals surface area contributed by atoms with E-state index >= 15 is 0 Å². The molecular formula is C23H19BrN2O4. The van der Waals surface area contributed by atoms with Crippen LogP contribution in [-0.2, 0) is 0 Å². The fourth-order valence-corrected chi connectivity index (χ4v) is 3.70. The number of nitrogens with zero attached hydrogens (tertiary/aromatic N) is 1. The molecule has 6 nitrogen and oxygen atoms in total. The van der Waals surface area contributed by atoms with E-state index in [4.69, 9.17) is 9.15 Å². The zero-order valence-corrected chi connectivity index (χ0v) is 18.2. The Bertz CT molecular complexity index is 1280. The highest BCUT2D eigenvalue weighted by molar-refractivity contribution is 9.10. The highest BCUT2D eigenvalue weighted by Gasteiger charge is 2.17. The first-order chi connectivity index (χ1) is 14.4. The number of phenolic OH excluding ortho intramolecular Hbond substituents is 1. The van der Waals surface area contributed by atoms with Gasteiger partial charge in [-0.3, -0.25) is 4.79 Å². The summed E-state index contributed by atoms with van der Waals surface area (Å²) in [6.45, 7) is 3.95. The van der Waals surface area contributed by atoms with Gasteiger partial charge in [0, 0.05) is 16.2 Å². The Hall–Kier alpha value is -3.32. The number of rotatable bonds is 4. The Morgan fingerprint density at radius 1 is 1.13 bits per heavy atom. The molecule has 0 radical (unpaired) electrons. The lowest BCUT2D eigenvalue weighted by Crippen LogP contribution is -2.13. The lowest BCUT2D eigenvalue weighted by molar-refractivity contribution is 0.102. The minimum Gasteiger partial charge on any atom is -0.507 e. The maximum Gasteiger partial charge on any atom is 0.259 e. The number of ether oxygens (including phenoxy) is 1. The summed E-state index contributed by atoms with van der Waals surface area (Å²) < 4.78 is 11.9. The number of oxazole rings is 1. The highest BCUT2D eigenvalue weighted by atomic mass is 79.9. The molecule has 4 rings (SSSR count). The number of carbonyl (C=O) groups is 1. The van der Waals surface area contributed by atoms with Crippen LogP contribution in [0.4, 0.5) is 5.69 Å². The SMILES string of the molecule is COc1ccc(Br)cc1C(=O)Nc1ccc(-c2nc3cc(C)cc(C)c3o2)c(O)c1. The first-order valence-corrected chi connectivity index (χ1v) is 10.0. The third-order valence-electron chi connectivity index (χ3n) is 4.71. The van der Waals surface area contributed by atoms with Crippen molar-refractivity contribution in [2.45, 2.75) is 13.8 Å². The zero-order chi connectivity index (χ0) is 21.4. The Morgan fingerprint density at radius 2 is 1.93 bits per heavy atom. The van der Waals surface area contributed by atoms with E-state index < -0.39 is 0 Å². The molecule has 0 aliphatic rings. The summed E-state index contributed by atoms with van der Waals surface area (Å²) >= 11 is 3.36. The number of amides is 1. The molecule has 4 aromatic rings. The molecule has 1 aromatic heterocycles. The van der Waals surface area contributed by atoms with Gasteiger partial charge in [-0.1, -0.05) is 22.0 Å². The summed E-state index contributed by atoms with van der Waals surface area (Å²) in [4.78, 5) is 17.2. The van der Waals surface area contributed by atoms with Crippen molar-refractivity contribution in [2.75, 3.05) is 12.4 Å². The highest BCUT2D eigenvalue weighted by Crippen LogP contribution is 2.34. The summed E-state index contributed by atoms with van der Waals surface area (Å²) in [6.07, 6.45) is 0. The van der Waals surface area contributed by atoms with Crippen molar-refractivity contribution in [1.82, 2.24) is 4.98 Å². The van der Waals surface area contributed by atoms with E-state index in [1.54, 1.807) is 30.3 Å². The number of anilines is 1. The average molecular weight is 467 g/mol. The molecule has 3 aromatic carbocycles. The molecule has 0 saturated carbocycles. The summed E-state index contributed by atoms with van der Waals surface area (Å²) in [7, 11) is 1.50. The molecule has 0 atom stereocenters. The van der Waals surface area contributed by atoms with E-state index in [1.165, 1.54) is 13.2 Å². The van der Waals surface area contributed by atoms with Crippen molar-refractivity contribution in [3.63, 3.8) is 0 Å². The summed E-state index contributed by atoms with van der Waals surface area (Å²) in [5.41, 5.74) is 4.75. The van der Waals surface area contributed by atoms with Crippen LogP contribution in [0.1, 0.15) is 21.5 Å². The fraction of sp³-hybridized carbons (Fsp3) is 0.130. The van der Waals surface area contributed by atoms with Crippen LogP contribution in [0.5, 0.6) is 11.5 Å². The van der Waals surface area contributed by atoms with Crippen molar-refractivity contribution in [1.29, 1.82) is 0 Å². The summed E-state index contributed by atoms with van der Waals surface area (Å²) in [5, 5.41) is 13.3. The second kappa shape index (κ2) is 7.84. The third-order valence-corrected chi connectivity index (χ3v) is 5.21. The molecule has 152 valence electrons. The molecule has 0 aliphatic heterocycles. The van der Waals surface area contributed by atoms with E-state index in [1.807, 2.05) is 26.0 Å². The largest absolute Gasteiger partial charge is 0.507 e. The summed E-state index contributed by atoms with van der Waals surface area (Å²) in [5.74, 6) is 0.375. The van der Waals surface area contributed by atoms with Gasteiger partial charge in [0.25, 0.3) is 5.91 Å². The van der Waals surface area contributed by atoms with Gasteiger partial charge in [-0.2, -0.15) is 0 Å². The predicted molar refractivity (Wildman–Crippen MR) is 119 cm³/mol. The van der Waals surface area contributed by atoms with E-state index in [0.717, 1.165) is 21.1 Å². The number of aromatic hydroxyl groups is 1. The number of nitrogens with one attached hydrogen (secondary N) is 1. The minimum absolute atomic E-state index is 0.0464. The molecule has 2 N–H and O–H groups in total. The fourth-order valence-electron chi connectivity index (χ4n) is 3.34. The molecule has 0 bridgehead atoms. The Labute approximate surface area is 181 Å². The van der Waals surface area contributed by atoms with Crippen molar-refractivity contribution in [3.8, 4) is 23.0 Å². The second-order valence-electron chi connectivity index (χ2n) is 6.98. The van der Waals surface area contributed by atoms with Crippen LogP contribution < -0.4 is 10.1 Å². The number of hydrogen-bond acceptors (Lipinski definition) is 5. The molecule has 30 heavy (non-hydrogen) atoms. The van der Waals surface area contributed by atoms with Gasteiger partial charge >= 0.3 is 0 Å². The molecule has 0 saturated heterocycles. The number of aryl methyl sites for hydroxylation is 2. The lowest BCUT2D eigenvalue weighted by Gasteiger charge is -2.11. The number of fused-ring (bicyclic) bond motifs is 1. The maximum absolute atomic E-state index is 12.7. The minimum atomic E-state index is -0.353. The van der Waals surface area contributed by atoms with Gasteiger partial charge in [-0.25, -0.2) is 4.98 Å². The van der Waals surface area contributed by atoms with Gasteiger partial charge in [-0.05, 0) is 61.4 Å². The maximum atomic E-state index is 12.7. The van der Waals surface area contributed by atoms with Crippen LogP contribution >= 0.6 is 15.9 Å². The van der Waals surface area contributed by atoms with Crippen LogP contribution in [0.25, 0.3) is 22.6 Å². The molecular weight excluding hydrogens is 448 g/mol. The number of methoxy groups -OCH3 is 1. The smallest absolute Gasteiger partial charge is 0.259 e. The van der Waals surface area contributed by atoms with Gasteiger partial charge in [0.15, 0.2) is 5.58 Å². The van der Waals surface area contributed by atoms with E-state index in [2.05, 4.69) is 26.2 Å². The average Bonchev–Trinajstić information content (AvgIpc) is 3.12. The van der Waals surface area contributed by atoms with Crippen molar-refractivity contribution >= 4 is 38.6 Å². The quantitative estimate of drug-likeness (QED) is 0.394. The molecule has 0 unspecified atom stereocenters.